The van der Waals surface area contributed by atoms with E-state index in [9.17, 15) is 9.59 Å². The van der Waals surface area contributed by atoms with Crippen molar-refractivity contribution in [3.63, 3.8) is 0 Å². The molecular weight excluding hydrogens is 396 g/mol. The van der Waals surface area contributed by atoms with Crippen LogP contribution in [0, 0.1) is 5.92 Å². The van der Waals surface area contributed by atoms with Gasteiger partial charge in [-0.2, -0.15) is 0 Å². The molecule has 2 rings (SSSR count). The van der Waals surface area contributed by atoms with Crippen molar-refractivity contribution in [2.24, 2.45) is 11.0 Å². The summed E-state index contributed by atoms with van der Waals surface area (Å²) in [5, 5.41) is 4.15. The predicted octanol–water partition coefficient (Wildman–Crippen LogP) is 3.36. The molecule has 1 aromatic rings. The van der Waals surface area contributed by atoms with Gasteiger partial charge in [0.1, 0.15) is 29.4 Å². The number of carbonyl (C=O) groups excluding carboxylic acids is 2. The lowest BCUT2D eigenvalue weighted by Gasteiger charge is -2.43. The van der Waals surface area contributed by atoms with Gasteiger partial charge in [-0.15, -0.1) is 0 Å². The summed E-state index contributed by atoms with van der Waals surface area (Å²) in [5.74, 6) is -1.34. The van der Waals surface area contributed by atoms with Gasteiger partial charge in [0, 0.05) is 35.8 Å². The molecule has 0 amide bonds. The minimum atomic E-state index is -0.870. The Morgan fingerprint density at radius 1 is 1.44 bits per heavy atom. The zero-order valence-electron chi connectivity index (χ0n) is 14.9. The highest BCUT2D eigenvalue weighted by Crippen LogP contribution is 2.39. The highest BCUT2D eigenvalue weighted by molar-refractivity contribution is 7.99. The molecule has 1 aliphatic rings. The number of azide groups is 1. The molecule has 9 nitrogen and oxygen atoms in total. The molecule has 0 saturated carbocycles. The maximum Gasteiger partial charge on any atom is 0.303 e. The van der Waals surface area contributed by atoms with E-state index >= 15 is 0 Å². The molecule has 0 aliphatic carbocycles. The van der Waals surface area contributed by atoms with Gasteiger partial charge < -0.3 is 14.2 Å². The largest absolute Gasteiger partial charge is 0.463 e. The number of carbonyl (C=O) groups is 2. The number of aromatic nitrogens is 1. The Balaban J connectivity index is 2.29. The SMILES string of the molecule is CC(=O)OCC1O[C@H](Sc2ccnc(Cl)c2)C(C)[C@@H](N=[N+]=[N-])[C@H]1OC(C)=O. The second kappa shape index (κ2) is 9.80. The van der Waals surface area contributed by atoms with Gasteiger partial charge in [0.15, 0.2) is 0 Å². The maximum absolute atomic E-state index is 11.5. The average Bonchev–Trinajstić information content (AvgIpc) is 2.59. The van der Waals surface area contributed by atoms with E-state index < -0.39 is 35.6 Å². The van der Waals surface area contributed by atoms with Crippen LogP contribution < -0.4 is 0 Å². The number of esters is 2. The Morgan fingerprint density at radius 3 is 2.78 bits per heavy atom. The van der Waals surface area contributed by atoms with Crippen molar-refractivity contribution in [2.45, 2.75) is 49.4 Å². The Bertz CT molecular complexity index is 745. The van der Waals surface area contributed by atoms with Crippen molar-refractivity contribution >= 4 is 35.3 Å². The number of thioether (sulfide) groups is 1. The summed E-state index contributed by atoms with van der Waals surface area (Å²) in [7, 11) is 0. The Hall–Kier alpha value is -2.00. The molecule has 2 heterocycles. The van der Waals surface area contributed by atoms with E-state index in [0.29, 0.717) is 5.15 Å². The van der Waals surface area contributed by atoms with Crippen LogP contribution in [0.3, 0.4) is 0 Å². The van der Waals surface area contributed by atoms with Gasteiger partial charge in [0.25, 0.3) is 0 Å². The molecule has 0 aromatic carbocycles. The zero-order valence-corrected chi connectivity index (χ0v) is 16.5. The van der Waals surface area contributed by atoms with Gasteiger partial charge in [-0.1, -0.05) is 35.4 Å². The topological polar surface area (TPSA) is 123 Å². The van der Waals surface area contributed by atoms with Crippen LogP contribution in [0.2, 0.25) is 5.15 Å². The summed E-state index contributed by atoms with van der Waals surface area (Å²) in [4.78, 5) is 30.3. The summed E-state index contributed by atoms with van der Waals surface area (Å²) in [6, 6.07) is 2.77. The van der Waals surface area contributed by atoms with Crippen molar-refractivity contribution in [2.75, 3.05) is 6.61 Å². The van der Waals surface area contributed by atoms with Crippen molar-refractivity contribution in [3.8, 4) is 0 Å². The van der Waals surface area contributed by atoms with Gasteiger partial charge in [-0.05, 0) is 17.7 Å². The van der Waals surface area contributed by atoms with E-state index in [-0.39, 0.29) is 12.5 Å². The lowest BCUT2D eigenvalue weighted by atomic mass is 9.91. The van der Waals surface area contributed by atoms with Gasteiger partial charge in [0.2, 0.25) is 0 Å². The average molecular weight is 415 g/mol. The number of hydrogen-bond acceptors (Lipinski definition) is 8. The van der Waals surface area contributed by atoms with Crippen LogP contribution in [0.1, 0.15) is 20.8 Å². The van der Waals surface area contributed by atoms with Gasteiger partial charge >= 0.3 is 11.9 Å². The fraction of sp³-hybridized carbons (Fsp3) is 0.562. The van der Waals surface area contributed by atoms with Crippen molar-refractivity contribution in [1.29, 1.82) is 0 Å². The molecule has 5 atom stereocenters. The molecule has 27 heavy (non-hydrogen) atoms. The summed E-state index contributed by atoms with van der Waals surface area (Å²) >= 11 is 7.29. The smallest absolute Gasteiger partial charge is 0.303 e. The standard InChI is InChI=1S/C16H19ClN4O5S/c1-8-14(20-21-18)15(25-10(3)23)12(7-24-9(2)22)26-16(8)27-11-4-5-19-13(17)6-11/h4-6,8,12,14-16H,7H2,1-3H3/t8?,12?,14-,15+,16-/m1/s1. The van der Waals surface area contributed by atoms with Crippen molar-refractivity contribution in [1.82, 2.24) is 4.98 Å². The quantitative estimate of drug-likeness (QED) is 0.230. The number of nitrogens with zero attached hydrogens (tertiary/aromatic N) is 4. The lowest BCUT2D eigenvalue weighted by Crippen LogP contribution is -2.55. The molecule has 1 aliphatic heterocycles. The first-order valence-corrected chi connectivity index (χ1v) is 9.36. The first kappa shape index (κ1) is 21.3. The molecule has 2 unspecified atom stereocenters. The summed E-state index contributed by atoms with van der Waals surface area (Å²) in [6.07, 6.45) is -0.0777. The second-order valence-electron chi connectivity index (χ2n) is 5.91. The van der Waals surface area contributed by atoms with Crippen LogP contribution in [0.25, 0.3) is 10.4 Å². The number of ether oxygens (including phenoxy) is 3. The van der Waals surface area contributed by atoms with E-state index in [2.05, 4.69) is 15.0 Å². The fourth-order valence-corrected chi connectivity index (χ4v) is 4.08. The van der Waals surface area contributed by atoms with Crippen LogP contribution in [-0.4, -0.2) is 47.2 Å². The number of hydrogen-bond donors (Lipinski definition) is 0. The molecule has 0 bridgehead atoms. The fourth-order valence-electron chi connectivity index (χ4n) is 2.68. The Labute approximate surface area is 165 Å². The van der Waals surface area contributed by atoms with Crippen molar-refractivity contribution in [3.05, 3.63) is 33.9 Å². The summed E-state index contributed by atoms with van der Waals surface area (Å²) in [5.41, 5.74) is 8.51. The molecule has 0 radical (unpaired) electrons. The zero-order chi connectivity index (χ0) is 20.0. The van der Waals surface area contributed by atoms with Gasteiger partial charge in [0.05, 0.1) is 6.04 Å². The summed E-state index contributed by atoms with van der Waals surface area (Å²) < 4.78 is 16.4. The van der Waals surface area contributed by atoms with Crippen LogP contribution in [0.5, 0.6) is 0 Å². The third kappa shape index (κ3) is 6.00. The van der Waals surface area contributed by atoms with E-state index in [0.717, 1.165) is 4.90 Å². The normalized spacial score (nSPS) is 27.3. The minimum Gasteiger partial charge on any atom is -0.463 e. The molecule has 11 heteroatoms. The first-order chi connectivity index (χ1) is 12.8. The third-order valence-corrected chi connectivity index (χ3v) is 5.37. The Kier molecular flexibility index (Phi) is 7.73. The van der Waals surface area contributed by atoms with E-state index in [1.54, 1.807) is 18.3 Å². The third-order valence-electron chi connectivity index (χ3n) is 3.87. The number of halogens is 1. The number of pyridine rings is 1. The van der Waals surface area contributed by atoms with E-state index in [4.69, 9.17) is 31.3 Å². The van der Waals surface area contributed by atoms with Gasteiger partial charge in [-0.3, -0.25) is 9.59 Å². The lowest BCUT2D eigenvalue weighted by molar-refractivity contribution is -0.182. The Morgan fingerprint density at radius 2 is 2.19 bits per heavy atom. The number of rotatable bonds is 6. The first-order valence-electron chi connectivity index (χ1n) is 8.10. The highest BCUT2D eigenvalue weighted by atomic mass is 35.5. The van der Waals surface area contributed by atoms with Crippen LogP contribution >= 0.6 is 23.4 Å². The van der Waals surface area contributed by atoms with E-state index in [1.807, 2.05) is 6.92 Å². The molecule has 1 aromatic heterocycles. The molecule has 146 valence electrons. The second-order valence-corrected chi connectivity index (χ2v) is 7.47. The minimum absolute atomic E-state index is 0.133. The van der Waals surface area contributed by atoms with Gasteiger partial charge in [-0.25, -0.2) is 4.98 Å². The highest BCUT2D eigenvalue weighted by Gasteiger charge is 2.46. The molecule has 0 N–H and O–H groups in total. The molecule has 0 spiro atoms. The predicted molar refractivity (Wildman–Crippen MR) is 98.1 cm³/mol. The van der Waals surface area contributed by atoms with Crippen LogP contribution in [-0.2, 0) is 23.8 Å². The monoisotopic (exact) mass is 414 g/mol. The molecule has 1 fully saturated rings. The van der Waals surface area contributed by atoms with Crippen LogP contribution in [0.4, 0.5) is 0 Å². The summed E-state index contributed by atoms with van der Waals surface area (Å²) in [6.45, 7) is 4.22. The van der Waals surface area contributed by atoms with Crippen LogP contribution in [0.15, 0.2) is 28.3 Å². The molecule has 1 saturated heterocycles. The van der Waals surface area contributed by atoms with Crippen molar-refractivity contribution < 1.29 is 23.8 Å². The molecular formula is C16H19ClN4O5S. The maximum atomic E-state index is 11.5. The van der Waals surface area contributed by atoms with E-state index in [1.165, 1.54) is 25.6 Å².